The van der Waals surface area contributed by atoms with Gasteiger partial charge in [0.2, 0.25) is 0 Å². The highest BCUT2D eigenvalue weighted by Gasteiger charge is 2.23. The van der Waals surface area contributed by atoms with Gasteiger partial charge in [0.25, 0.3) is 0 Å². The molecule has 43 heavy (non-hydrogen) atoms. The molecule has 5 nitrogen and oxygen atoms in total. The van der Waals surface area contributed by atoms with E-state index in [-0.39, 0.29) is 0 Å². The van der Waals surface area contributed by atoms with Crippen LogP contribution in [0, 0.1) is 22.7 Å². The first-order valence-electron chi connectivity index (χ1n) is 14.1. The molecule has 0 bridgehead atoms. The third-order valence-corrected chi connectivity index (χ3v) is 8.57. The zero-order chi connectivity index (χ0) is 28.7. The molecule has 0 unspecified atom stereocenters. The Morgan fingerprint density at radius 2 is 1.00 bits per heavy atom. The van der Waals surface area contributed by atoms with Crippen LogP contribution in [0.25, 0.3) is 76.9 Å². The van der Waals surface area contributed by atoms with Crippen molar-refractivity contribution in [1.29, 1.82) is 10.5 Å². The molecule has 0 atom stereocenters. The van der Waals surface area contributed by atoms with Crippen molar-refractivity contribution in [2.45, 2.75) is 0 Å². The Morgan fingerprint density at radius 3 is 1.65 bits per heavy atom. The quantitative estimate of drug-likeness (QED) is 0.216. The standard InChI is InChI=1S/C38H20N4O/c39-21-23-9-7-15-30-35-36-31(19-24(22-40)38(35)43-37(23)30)29-14-3-6-18-34(29)42(36)26-11-8-10-25(20-26)41-32-16-4-1-12-27(32)28-13-2-5-17-33(28)41/h1-20H. The maximum Gasteiger partial charge on any atom is 0.155 e. The summed E-state index contributed by atoms with van der Waals surface area (Å²) in [5.74, 6) is 0. The van der Waals surface area contributed by atoms with Gasteiger partial charge in [-0.15, -0.1) is 0 Å². The molecule has 0 fully saturated rings. The number of hydrogen-bond donors (Lipinski definition) is 0. The molecular formula is C38H20N4O. The van der Waals surface area contributed by atoms with Gasteiger partial charge >= 0.3 is 0 Å². The summed E-state index contributed by atoms with van der Waals surface area (Å²) in [7, 11) is 0. The molecule has 0 aliphatic heterocycles. The van der Waals surface area contributed by atoms with Crippen LogP contribution in [0.15, 0.2) is 126 Å². The second-order valence-electron chi connectivity index (χ2n) is 10.8. The zero-order valence-corrected chi connectivity index (χ0v) is 22.7. The first kappa shape index (κ1) is 23.4. The van der Waals surface area contributed by atoms with Gasteiger partial charge < -0.3 is 13.6 Å². The maximum absolute atomic E-state index is 10.2. The van der Waals surface area contributed by atoms with Gasteiger partial charge in [-0.25, -0.2) is 0 Å². The molecule has 0 aliphatic carbocycles. The van der Waals surface area contributed by atoms with E-state index >= 15 is 0 Å². The number of benzene rings is 6. The first-order valence-corrected chi connectivity index (χ1v) is 14.1. The summed E-state index contributed by atoms with van der Waals surface area (Å²) in [6.07, 6.45) is 0. The lowest BCUT2D eigenvalue weighted by atomic mass is 10.0. The average Bonchev–Trinajstić information content (AvgIpc) is 3.72. The van der Waals surface area contributed by atoms with Crippen LogP contribution in [0.3, 0.4) is 0 Å². The van der Waals surface area contributed by atoms with Crippen molar-refractivity contribution >= 4 is 65.6 Å². The molecule has 9 aromatic rings. The van der Waals surface area contributed by atoms with E-state index in [1.165, 1.54) is 10.8 Å². The highest BCUT2D eigenvalue weighted by Crippen LogP contribution is 2.43. The Morgan fingerprint density at radius 1 is 0.465 bits per heavy atom. The molecule has 6 aromatic carbocycles. The van der Waals surface area contributed by atoms with Crippen LogP contribution >= 0.6 is 0 Å². The molecule has 0 aliphatic rings. The fourth-order valence-corrected chi connectivity index (χ4v) is 6.82. The number of hydrogen-bond acceptors (Lipinski definition) is 3. The van der Waals surface area contributed by atoms with E-state index in [0.717, 1.165) is 55.0 Å². The Labute approximate surface area is 245 Å². The lowest BCUT2D eigenvalue weighted by molar-refractivity contribution is 0.666. The molecule has 0 radical (unpaired) electrons. The van der Waals surface area contributed by atoms with E-state index in [1.54, 1.807) is 6.07 Å². The molecule has 198 valence electrons. The van der Waals surface area contributed by atoms with Crippen LogP contribution in [-0.4, -0.2) is 9.13 Å². The predicted molar refractivity (Wildman–Crippen MR) is 172 cm³/mol. The number of furan rings is 1. The Kier molecular flexibility index (Phi) is 4.68. The molecule has 0 N–H and O–H groups in total. The highest BCUT2D eigenvalue weighted by molar-refractivity contribution is 6.26. The molecule has 3 aromatic heterocycles. The number of nitrogens with zero attached hydrogens (tertiary/aromatic N) is 4. The summed E-state index contributed by atoms with van der Waals surface area (Å²) >= 11 is 0. The molecule has 5 heteroatoms. The molecular weight excluding hydrogens is 528 g/mol. The van der Waals surface area contributed by atoms with Crippen LogP contribution in [-0.2, 0) is 0 Å². The minimum Gasteiger partial charge on any atom is -0.453 e. The van der Waals surface area contributed by atoms with Crippen molar-refractivity contribution in [3.8, 4) is 23.5 Å². The molecule has 9 rings (SSSR count). The van der Waals surface area contributed by atoms with E-state index < -0.39 is 0 Å². The first-order chi connectivity index (χ1) is 21.3. The number of rotatable bonds is 2. The van der Waals surface area contributed by atoms with Crippen molar-refractivity contribution in [3.63, 3.8) is 0 Å². The molecule has 0 saturated carbocycles. The van der Waals surface area contributed by atoms with Gasteiger partial charge in [-0.2, -0.15) is 10.5 Å². The summed E-state index contributed by atoms with van der Waals surface area (Å²) in [6, 6.07) is 46.0. The number of fused-ring (bicyclic) bond motifs is 10. The van der Waals surface area contributed by atoms with E-state index in [0.29, 0.717) is 22.3 Å². The third kappa shape index (κ3) is 3.08. The van der Waals surface area contributed by atoms with Crippen LogP contribution in [0.5, 0.6) is 0 Å². The fraction of sp³-hybridized carbons (Fsp3) is 0. The SMILES string of the molecule is N#Cc1cccc2c1oc1c(C#N)cc3c4ccccc4n(-c4cccc(-n5c6ccccc6c6ccccc65)c4)c3c12. The van der Waals surface area contributed by atoms with Crippen LogP contribution in [0.2, 0.25) is 0 Å². The van der Waals surface area contributed by atoms with Crippen molar-refractivity contribution in [1.82, 2.24) is 9.13 Å². The Bertz CT molecular complexity index is 2650. The van der Waals surface area contributed by atoms with Crippen LogP contribution < -0.4 is 0 Å². The van der Waals surface area contributed by atoms with Gasteiger partial charge in [-0.3, -0.25) is 0 Å². The Balaban J connectivity index is 1.44. The highest BCUT2D eigenvalue weighted by atomic mass is 16.3. The van der Waals surface area contributed by atoms with Gasteiger partial charge in [0, 0.05) is 38.3 Å². The molecule has 0 spiro atoms. The van der Waals surface area contributed by atoms with Crippen molar-refractivity contribution in [2.75, 3.05) is 0 Å². The molecule has 0 amide bonds. The third-order valence-electron chi connectivity index (χ3n) is 8.57. The second kappa shape index (κ2) is 8.60. The minimum absolute atomic E-state index is 0.446. The van der Waals surface area contributed by atoms with E-state index in [2.05, 4.69) is 106 Å². The lowest BCUT2D eigenvalue weighted by Gasteiger charge is -2.13. The van der Waals surface area contributed by atoms with Crippen molar-refractivity contribution < 1.29 is 4.42 Å². The topological polar surface area (TPSA) is 70.6 Å². The largest absolute Gasteiger partial charge is 0.453 e. The van der Waals surface area contributed by atoms with Gasteiger partial charge in [-0.05, 0) is 48.5 Å². The van der Waals surface area contributed by atoms with Crippen molar-refractivity contribution in [3.05, 3.63) is 132 Å². The maximum atomic E-state index is 10.2. The van der Waals surface area contributed by atoms with Gasteiger partial charge in [0.15, 0.2) is 11.2 Å². The minimum atomic E-state index is 0.446. The van der Waals surface area contributed by atoms with Crippen LogP contribution in [0.1, 0.15) is 11.1 Å². The predicted octanol–water partition coefficient (Wildman–Crippen LogP) is 9.52. The fourth-order valence-electron chi connectivity index (χ4n) is 6.82. The zero-order valence-electron chi connectivity index (χ0n) is 22.7. The van der Waals surface area contributed by atoms with Crippen LogP contribution in [0.4, 0.5) is 0 Å². The summed E-state index contributed by atoms with van der Waals surface area (Å²) in [5, 5.41) is 26.1. The number of para-hydroxylation sites is 4. The molecule has 3 heterocycles. The number of aromatic nitrogens is 2. The van der Waals surface area contributed by atoms with E-state index in [9.17, 15) is 10.5 Å². The summed E-state index contributed by atoms with van der Waals surface area (Å²) in [6.45, 7) is 0. The normalized spacial score (nSPS) is 11.7. The van der Waals surface area contributed by atoms with Gasteiger partial charge in [-0.1, -0.05) is 72.8 Å². The van der Waals surface area contributed by atoms with E-state index in [4.69, 9.17) is 4.42 Å². The van der Waals surface area contributed by atoms with Gasteiger partial charge in [0.1, 0.15) is 12.1 Å². The average molecular weight is 549 g/mol. The smallest absolute Gasteiger partial charge is 0.155 e. The Hall–Kier alpha value is -6.30. The van der Waals surface area contributed by atoms with E-state index in [1.807, 2.05) is 30.3 Å². The van der Waals surface area contributed by atoms with Crippen molar-refractivity contribution in [2.24, 2.45) is 0 Å². The summed E-state index contributed by atoms with van der Waals surface area (Å²) in [4.78, 5) is 0. The summed E-state index contributed by atoms with van der Waals surface area (Å²) < 4.78 is 10.9. The second-order valence-corrected chi connectivity index (χ2v) is 10.8. The molecule has 0 saturated heterocycles. The monoisotopic (exact) mass is 548 g/mol. The number of nitriles is 2. The summed E-state index contributed by atoms with van der Waals surface area (Å²) in [5.41, 5.74) is 8.20. The lowest BCUT2D eigenvalue weighted by Crippen LogP contribution is -1.99. The van der Waals surface area contributed by atoms with Gasteiger partial charge in [0.05, 0.1) is 38.6 Å².